The Kier molecular flexibility index (Phi) is 2.22. The highest BCUT2D eigenvalue weighted by Gasteiger charge is 2.22. The van der Waals surface area contributed by atoms with Crippen LogP contribution in [0, 0.1) is 5.39 Å². The number of hydrogen-bond acceptors (Lipinski definition) is 2. The number of halogens is 2. The SMILES string of the molecule is Cn1c([O-])c([N+]#N)c2c(Cl)cc(Cl)cc21. The highest BCUT2D eigenvalue weighted by Crippen LogP contribution is 2.41. The van der Waals surface area contributed by atoms with Crippen molar-refractivity contribution >= 4 is 39.8 Å². The Morgan fingerprint density at radius 1 is 1.40 bits per heavy atom. The Labute approximate surface area is 95.3 Å². The van der Waals surface area contributed by atoms with E-state index in [1.165, 1.54) is 10.6 Å². The van der Waals surface area contributed by atoms with Gasteiger partial charge >= 0.3 is 5.69 Å². The summed E-state index contributed by atoms with van der Waals surface area (Å²) in [7, 11) is 1.56. The number of benzene rings is 1. The van der Waals surface area contributed by atoms with Gasteiger partial charge in [0.25, 0.3) is 0 Å². The van der Waals surface area contributed by atoms with Crippen molar-refractivity contribution in [3.8, 4) is 5.88 Å². The number of aryl methyl sites for hydroxylation is 1. The predicted molar refractivity (Wildman–Crippen MR) is 57.1 cm³/mol. The van der Waals surface area contributed by atoms with Crippen LogP contribution in [-0.4, -0.2) is 4.57 Å². The van der Waals surface area contributed by atoms with Crippen LogP contribution in [0.1, 0.15) is 0 Å². The van der Waals surface area contributed by atoms with Gasteiger partial charge in [0, 0.05) is 12.1 Å². The number of aromatic nitrogens is 1. The summed E-state index contributed by atoms with van der Waals surface area (Å²) >= 11 is 11.7. The summed E-state index contributed by atoms with van der Waals surface area (Å²) in [5, 5.41) is 21.5. The molecule has 0 radical (unpaired) electrons. The molecule has 0 fully saturated rings. The molecular formula is C9H5Cl2N3O. The van der Waals surface area contributed by atoms with E-state index in [1.54, 1.807) is 13.1 Å². The Hall–Kier alpha value is -1.44. The van der Waals surface area contributed by atoms with Crippen LogP contribution in [0.4, 0.5) is 5.69 Å². The molecule has 0 aliphatic heterocycles. The third-order valence-corrected chi connectivity index (χ3v) is 2.76. The van der Waals surface area contributed by atoms with Crippen LogP contribution in [0.3, 0.4) is 0 Å². The second-order valence-corrected chi connectivity index (χ2v) is 3.94. The van der Waals surface area contributed by atoms with Crippen LogP contribution in [0.5, 0.6) is 5.88 Å². The van der Waals surface area contributed by atoms with E-state index < -0.39 is 5.88 Å². The van der Waals surface area contributed by atoms with Gasteiger partial charge in [-0.25, -0.2) is 0 Å². The molecule has 0 saturated heterocycles. The van der Waals surface area contributed by atoms with Gasteiger partial charge in [0.15, 0.2) is 4.98 Å². The summed E-state index contributed by atoms with van der Waals surface area (Å²) in [6.07, 6.45) is 0. The zero-order valence-corrected chi connectivity index (χ0v) is 9.17. The molecule has 76 valence electrons. The fourth-order valence-electron chi connectivity index (χ4n) is 1.53. The first-order valence-corrected chi connectivity index (χ1v) is 4.81. The molecular weight excluding hydrogens is 237 g/mol. The maximum atomic E-state index is 11.6. The number of nitrogens with zero attached hydrogens (tertiary/aromatic N) is 3. The lowest BCUT2D eigenvalue weighted by Gasteiger charge is -2.03. The first-order valence-electron chi connectivity index (χ1n) is 4.05. The van der Waals surface area contributed by atoms with E-state index in [1.807, 2.05) is 0 Å². The minimum Gasteiger partial charge on any atom is -0.854 e. The minimum absolute atomic E-state index is 0.0610. The van der Waals surface area contributed by atoms with Crippen molar-refractivity contribution in [2.75, 3.05) is 0 Å². The summed E-state index contributed by atoms with van der Waals surface area (Å²) in [5.41, 5.74) is 0.486. The summed E-state index contributed by atoms with van der Waals surface area (Å²) in [6.45, 7) is 0. The number of fused-ring (bicyclic) bond motifs is 1. The highest BCUT2D eigenvalue weighted by molar-refractivity contribution is 6.39. The summed E-state index contributed by atoms with van der Waals surface area (Å²) in [5.74, 6) is -0.406. The maximum absolute atomic E-state index is 11.6. The van der Waals surface area contributed by atoms with Gasteiger partial charge in [-0.3, -0.25) is 0 Å². The molecule has 0 amide bonds. The summed E-state index contributed by atoms with van der Waals surface area (Å²) < 4.78 is 1.34. The van der Waals surface area contributed by atoms with E-state index >= 15 is 0 Å². The fraction of sp³-hybridized carbons (Fsp3) is 0.111. The fourth-order valence-corrected chi connectivity index (χ4v) is 2.10. The molecule has 0 saturated carbocycles. The lowest BCUT2D eigenvalue weighted by Crippen LogP contribution is -1.97. The maximum Gasteiger partial charge on any atom is 0.404 e. The molecule has 0 atom stereocenters. The first-order chi connectivity index (χ1) is 7.06. The molecule has 2 rings (SSSR count). The van der Waals surface area contributed by atoms with Gasteiger partial charge in [-0.05, 0) is 12.1 Å². The van der Waals surface area contributed by atoms with Crippen molar-refractivity contribution in [2.24, 2.45) is 7.05 Å². The lowest BCUT2D eigenvalue weighted by atomic mass is 10.2. The van der Waals surface area contributed by atoms with Gasteiger partial charge in [0.2, 0.25) is 5.39 Å². The predicted octanol–water partition coefficient (Wildman–Crippen LogP) is 3.04. The molecule has 1 aromatic carbocycles. The summed E-state index contributed by atoms with van der Waals surface area (Å²) in [6, 6.07) is 3.10. The first kappa shape index (κ1) is 10.1. The van der Waals surface area contributed by atoms with E-state index in [9.17, 15) is 5.11 Å². The smallest absolute Gasteiger partial charge is 0.404 e. The second kappa shape index (κ2) is 3.30. The van der Waals surface area contributed by atoms with Crippen molar-refractivity contribution in [3.05, 3.63) is 27.2 Å². The molecule has 1 aromatic heterocycles. The highest BCUT2D eigenvalue weighted by atomic mass is 35.5. The zero-order valence-electron chi connectivity index (χ0n) is 7.66. The molecule has 0 aliphatic carbocycles. The molecule has 0 bridgehead atoms. The van der Waals surface area contributed by atoms with Crippen LogP contribution in [-0.2, 0) is 7.05 Å². The van der Waals surface area contributed by atoms with Crippen LogP contribution >= 0.6 is 23.2 Å². The average Bonchev–Trinajstić information content (AvgIpc) is 2.42. The molecule has 0 N–H and O–H groups in total. The van der Waals surface area contributed by atoms with E-state index in [0.29, 0.717) is 20.9 Å². The van der Waals surface area contributed by atoms with Crippen molar-refractivity contribution in [3.63, 3.8) is 0 Å². The molecule has 2 aromatic rings. The van der Waals surface area contributed by atoms with Gasteiger partial charge in [0.05, 0.1) is 16.4 Å². The Bertz CT molecular complexity index is 598. The van der Waals surface area contributed by atoms with Crippen molar-refractivity contribution in [2.45, 2.75) is 0 Å². The van der Waals surface area contributed by atoms with Gasteiger partial charge in [-0.2, -0.15) is 0 Å². The Morgan fingerprint density at radius 2 is 2.07 bits per heavy atom. The molecule has 4 nitrogen and oxygen atoms in total. The normalized spacial score (nSPS) is 10.5. The topological polar surface area (TPSA) is 56.1 Å². The van der Waals surface area contributed by atoms with Crippen LogP contribution in [0.2, 0.25) is 10.0 Å². The van der Waals surface area contributed by atoms with Crippen LogP contribution in [0.15, 0.2) is 12.1 Å². The molecule has 0 unspecified atom stereocenters. The third kappa shape index (κ3) is 1.32. The van der Waals surface area contributed by atoms with Crippen molar-refractivity contribution in [1.82, 2.24) is 4.57 Å². The molecule has 0 spiro atoms. The lowest BCUT2D eigenvalue weighted by molar-refractivity contribution is -0.276. The Balaban J connectivity index is 3.05. The van der Waals surface area contributed by atoms with Gasteiger partial charge in [0.1, 0.15) is 5.39 Å². The van der Waals surface area contributed by atoms with Gasteiger partial charge in [-0.15, -0.1) is 0 Å². The Morgan fingerprint density at radius 3 is 2.67 bits per heavy atom. The standard InChI is InChI=1S/C9H5Cl2N3O/c1-14-6-3-4(10)2-5(11)7(6)8(13-12)9(14)15/h2-3H,1H3. The molecule has 0 aliphatic rings. The monoisotopic (exact) mass is 241 g/mol. The van der Waals surface area contributed by atoms with E-state index in [0.717, 1.165) is 0 Å². The molecule has 6 heteroatoms. The quantitative estimate of drug-likeness (QED) is 0.666. The molecule has 15 heavy (non-hydrogen) atoms. The van der Waals surface area contributed by atoms with Crippen molar-refractivity contribution in [1.29, 1.82) is 5.39 Å². The van der Waals surface area contributed by atoms with E-state index in [-0.39, 0.29) is 5.69 Å². The minimum atomic E-state index is -0.406. The largest absolute Gasteiger partial charge is 0.854 e. The number of rotatable bonds is 0. The number of hydrogen-bond donors (Lipinski definition) is 0. The van der Waals surface area contributed by atoms with E-state index in [4.69, 9.17) is 28.6 Å². The second-order valence-electron chi connectivity index (χ2n) is 3.09. The number of diazo groups is 1. The third-order valence-electron chi connectivity index (χ3n) is 2.24. The van der Waals surface area contributed by atoms with Crippen molar-refractivity contribution < 1.29 is 5.11 Å². The van der Waals surface area contributed by atoms with Crippen LogP contribution < -0.4 is 5.11 Å². The summed E-state index contributed by atoms with van der Waals surface area (Å²) in [4.78, 5) is 2.95. The van der Waals surface area contributed by atoms with E-state index in [2.05, 4.69) is 4.98 Å². The van der Waals surface area contributed by atoms with Crippen LogP contribution in [0.25, 0.3) is 15.9 Å². The molecule has 1 heterocycles. The zero-order chi connectivity index (χ0) is 11.2. The average molecular weight is 242 g/mol. The van der Waals surface area contributed by atoms with Gasteiger partial charge in [-0.1, -0.05) is 23.2 Å². The van der Waals surface area contributed by atoms with Gasteiger partial charge < -0.3 is 9.67 Å².